The summed E-state index contributed by atoms with van der Waals surface area (Å²) < 4.78 is 0. The summed E-state index contributed by atoms with van der Waals surface area (Å²) in [6, 6.07) is 14.4. The second-order valence-electron chi connectivity index (χ2n) is 4.57. The molecule has 0 spiro atoms. The molecule has 94 valence electrons. The van der Waals surface area contributed by atoms with Crippen molar-refractivity contribution in [3.8, 4) is 0 Å². The zero-order valence-corrected chi connectivity index (χ0v) is 10.9. The minimum Gasteiger partial charge on any atom is -0.369 e. The van der Waals surface area contributed by atoms with Crippen molar-refractivity contribution in [3.05, 3.63) is 59.9 Å². The van der Waals surface area contributed by atoms with E-state index in [0.29, 0.717) is 0 Å². The zero-order valence-electron chi connectivity index (χ0n) is 10.9. The van der Waals surface area contributed by atoms with E-state index >= 15 is 0 Å². The summed E-state index contributed by atoms with van der Waals surface area (Å²) in [5.74, 6) is 0. The highest BCUT2D eigenvalue weighted by atomic mass is 15.1. The molecule has 2 aromatic rings. The number of hydrogen-bond acceptors (Lipinski definition) is 3. The van der Waals surface area contributed by atoms with Gasteiger partial charge in [0.2, 0.25) is 0 Å². The summed E-state index contributed by atoms with van der Waals surface area (Å²) in [5, 5.41) is 0. The van der Waals surface area contributed by atoms with E-state index < -0.39 is 0 Å². The second kappa shape index (κ2) is 5.65. The van der Waals surface area contributed by atoms with Gasteiger partial charge in [-0.05, 0) is 24.6 Å². The lowest BCUT2D eigenvalue weighted by Gasteiger charge is -2.19. The highest BCUT2D eigenvalue weighted by Gasteiger charge is 2.04. The third-order valence-corrected chi connectivity index (χ3v) is 2.94. The van der Waals surface area contributed by atoms with Gasteiger partial charge in [-0.25, -0.2) is 0 Å². The molecule has 3 heteroatoms. The van der Waals surface area contributed by atoms with E-state index in [4.69, 9.17) is 5.73 Å². The molecule has 1 aromatic heterocycles. The molecule has 1 unspecified atom stereocenters. The van der Waals surface area contributed by atoms with E-state index in [9.17, 15) is 0 Å². The molecule has 1 atom stereocenters. The number of nitrogens with zero attached hydrogens (tertiary/aromatic N) is 2. The number of benzene rings is 1. The Morgan fingerprint density at radius 3 is 2.44 bits per heavy atom. The van der Waals surface area contributed by atoms with Crippen LogP contribution in [0.4, 0.5) is 5.69 Å². The smallest absolute Gasteiger partial charge is 0.0569 e. The summed E-state index contributed by atoms with van der Waals surface area (Å²) in [7, 11) is 2.07. The number of anilines is 1. The molecule has 2 N–H and O–H groups in total. The Kier molecular flexibility index (Phi) is 3.95. The normalized spacial score (nSPS) is 12.2. The minimum absolute atomic E-state index is 0.0153. The van der Waals surface area contributed by atoms with Gasteiger partial charge in [-0.1, -0.05) is 30.3 Å². The van der Waals surface area contributed by atoms with Crippen LogP contribution in [0.25, 0.3) is 0 Å². The molecule has 0 fully saturated rings. The van der Waals surface area contributed by atoms with Gasteiger partial charge >= 0.3 is 0 Å². The van der Waals surface area contributed by atoms with E-state index in [1.165, 1.54) is 5.56 Å². The molecule has 0 saturated heterocycles. The molecule has 0 radical (unpaired) electrons. The maximum atomic E-state index is 5.79. The largest absolute Gasteiger partial charge is 0.369 e. The van der Waals surface area contributed by atoms with Crippen LogP contribution in [0.5, 0.6) is 0 Å². The lowest BCUT2D eigenvalue weighted by molar-refractivity contribution is 0.779. The van der Waals surface area contributed by atoms with Gasteiger partial charge in [0.25, 0.3) is 0 Å². The molecule has 0 amide bonds. The van der Waals surface area contributed by atoms with Crippen LogP contribution >= 0.6 is 0 Å². The molecule has 1 aromatic carbocycles. The van der Waals surface area contributed by atoms with Gasteiger partial charge in [-0.2, -0.15) is 0 Å². The Balaban J connectivity index is 2.07. The van der Waals surface area contributed by atoms with E-state index in [2.05, 4.69) is 47.3 Å². The van der Waals surface area contributed by atoms with Crippen LogP contribution in [0.2, 0.25) is 0 Å². The number of nitrogens with two attached hydrogens (primary N) is 1. The monoisotopic (exact) mass is 241 g/mol. The predicted molar refractivity (Wildman–Crippen MR) is 75.4 cm³/mol. The van der Waals surface area contributed by atoms with Crippen molar-refractivity contribution in [2.24, 2.45) is 5.73 Å². The van der Waals surface area contributed by atoms with Gasteiger partial charge in [0.15, 0.2) is 0 Å². The molecule has 0 saturated carbocycles. The number of pyridine rings is 1. The van der Waals surface area contributed by atoms with Gasteiger partial charge in [0.1, 0.15) is 0 Å². The zero-order chi connectivity index (χ0) is 13.0. The minimum atomic E-state index is -0.0153. The Morgan fingerprint density at radius 2 is 1.89 bits per heavy atom. The molecule has 2 rings (SSSR count). The predicted octanol–water partition coefficient (Wildman–Crippen LogP) is 2.74. The summed E-state index contributed by atoms with van der Waals surface area (Å²) in [4.78, 5) is 6.55. The Morgan fingerprint density at radius 1 is 1.17 bits per heavy atom. The van der Waals surface area contributed by atoms with Crippen LogP contribution in [0.1, 0.15) is 24.2 Å². The molecule has 3 nitrogen and oxygen atoms in total. The van der Waals surface area contributed by atoms with Crippen molar-refractivity contribution >= 4 is 5.69 Å². The molecular weight excluding hydrogens is 222 g/mol. The summed E-state index contributed by atoms with van der Waals surface area (Å²) in [5.41, 5.74) is 9.10. The first-order chi connectivity index (χ1) is 8.66. The van der Waals surface area contributed by atoms with E-state index in [1.54, 1.807) is 0 Å². The van der Waals surface area contributed by atoms with E-state index in [-0.39, 0.29) is 6.04 Å². The average Bonchev–Trinajstić information content (AvgIpc) is 2.40. The van der Waals surface area contributed by atoms with Gasteiger partial charge in [0, 0.05) is 19.6 Å². The van der Waals surface area contributed by atoms with Crippen molar-refractivity contribution in [3.63, 3.8) is 0 Å². The molecule has 0 aliphatic heterocycles. The Hall–Kier alpha value is -1.87. The van der Waals surface area contributed by atoms with Gasteiger partial charge < -0.3 is 10.6 Å². The van der Waals surface area contributed by atoms with Crippen LogP contribution in [0.3, 0.4) is 0 Å². The maximum Gasteiger partial charge on any atom is 0.0569 e. The lowest BCUT2D eigenvalue weighted by atomic mass is 10.2. The Bertz CT molecular complexity index is 477. The molecular formula is C15H19N3. The SMILES string of the molecule is CC(N)c1ccc(N(C)Cc2ccccc2)cn1. The van der Waals surface area contributed by atoms with Gasteiger partial charge in [-0.15, -0.1) is 0 Å². The fourth-order valence-electron chi connectivity index (χ4n) is 1.84. The first-order valence-electron chi connectivity index (χ1n) is 6.13. The summed E-state index contributed by atoms with van der Waals surface area (Å²) in [6.45, 7) is 2.82. The number of hydrogen-bond donors (Lipinski definition) is 1. The van der Waals surface area contributed by atoms with Crippen LogP contribution in [-0.2, 0) is 6.54 Å². The van der Waals surface area contributed by atoms with Gasteiger partial charge in [0.05, 0.1) is 17.6 Å². The van der Waals surface area contributed by atoms with Crippen LogP contribution in [0.15, 0.2) is 48.7 Å². The third kappa shape index (κ3) is 3.08. The third-order valence-electron chi connectivity index (χ3n) is 2.94. The summed E-state index contributed by atoms with van der Waals surface area (Å²) in [6.07, 6.45) is 1.88. The fourth-order valence-corrected chi connectivity index (χ4v) is 1.84. The second-order valence-corrected chi connectivity index (χ2v) is 4.57. The van der Waals surface area contributed by atoms with E-state index in [0.717, 1.165) is 17.9 Å². The van der Waals surface area contributed by atoms with Crippen LogP contribution in [0, 0.1) is 0 Å². The molecule has 18 heavy (non-hydrogen) atoms. The highest BCUT2D eigenvalue weighted by Crippen LogP contribution is 2.16. The molecule has 1 heterocycles. The number of aromatic nitrogens is 1. The first-order valence-corrected chi connectivity index (χ1v) is 6.13. The fraction of sp³-hybridized carbons (Fsp3) is 0.267. The standard InChI is InChI=1S/C15H19N3/c1-12(16)15-9-8-14(10-17-15)18(2)11-13-6-4-3-5-7-13/h3-10,12H,11,16H2,1-2H3. The number of rotatable bonds is 4. The topological polar surface area (TPSA) is 42.1 Å². The Labute approximate surface area is 108 Å². The highest BCUT2D eigenvalue weighted by molar-refractivity contribution is 5.44. The first kappa shape index (κ1) is 12.6. The van der Waals surface area contributed by atoms with Crippen LogP contribution in [-0.4, -0.2) is 12.0 Å². The quantitative estimate of drug-likeness (QED) is 0.895. The maximum absolute atomic E-state index is 5.79. The lowest BCUT2D eigenvalue weighted by Crippen LogP contribution is -2.17. The molecule has 0 aliphatic rings. The van der Waals surface area contributed by atoms with Crippen molar-refractivity contribution < 1.29 is 0 Å². The van der Waals surface area contributed by atoms with Crippen molar-refractivity contribution in [2.75, 3.05) is 11.9 Å². The van der Waals surface area contributed by atoms with Crippen molar-refractivity contribution in [1.82, 2.24) is 4.98 Å². The van der Waals surface area contributed by atoms with E-state index in [1.807, 2.05) is 25.3 Å². The van der Waals surface area contributed by atoms with Crippen molar-refractivity contribution in [1.29, 1.82) is 0 Å². The molecule has 0 bridgehead atoms. The summed E-state index contributed by atoms with van der Waals surface area (Å²) >= 11 is 0. The van der Waals surface area contributed by atoms with Gasteiger partial charge in [-0.3, -0.25) is 4.98 Å². The average molecular weight is 241 g/mol. The van der Waals surface area contributed by atoms with Crippen molar-refractivity contribution in [2.45, 2.75) is 19.5 Å². The van der Waals surface area contributed by atoms with Crippen LogP contribution < -0.4 is 10.6 Å². The molecule has 0 aliphatic carbocycles.